The quantitative estimate of drug-likeness (QED) is 0.0713. The molecule has 2 heterocycles. The van der Waals surface area contributed by atoms with E-state index < -0.39 is 5.92 Å². The zero-order valence-corrected chi connectivity index (χ0v) is 45.2. The lowest BCUT2D eigenvalue weighted by Crippen LogP contribution is -2.42. The van der Waals surface area contributed by atoms with Crippen LogP contribution in [0, 0.1) is 29.6 Å². The maximum Gasteiger partial charge on any atom is 0.232 e. The fourth-order valence-corrected chi connectivity index (χ4v) is 8.72. The van der Waals surface area contributed by atoms with Crippen LogP contribution in [-0.2, 0) is 84.4 Å². The molecule has 1 aromatic heterocycles. The predicted octanol–water partition coefficient (Wildman–Crippen LogP) is 4.06. The number of ether oxygens (including phenoxy) is 9. The van der Waals surface area contributed by atoms with Gasteiger partial charge in [-0.25, -0.2) is 4.68 Å². The molecule has 1 saturated carbocycles. The third-order valence-corrected chi connectivity index (χ3v) is 13.2. The number of rotatable bonds is 48. The van der Waals surface area contributed by atoms with Gasteiger partial charge in [0, 0.05) is 81.8 Å². The minimum Gasteiger partial charge on any atom is -0.379 e. The fraction of sp³-hybridized carbons (Fsp3) is 0.849. The molecule has 2 aliphatic rings. The number of amides is 3. The maximum absolute atomic E-state index is 12.9. The molecular formula is C53H91N6O15. The summed E-state index contributed by atoms with van der Waals surface area (Å²) in [5.74, 6) is -0.432. The van der Waals surface area contributed by atoms with Crippen LogP contribution in [0.1, 0.15) is 117 Å². The summed E-state index contributed by atoms with van der Waals surface area (Å²) in [5.41, 5.74) is 8.16. The van der Waals surface area contributed by atoms with Gasteiger partial charge >= 0.3 is 0 Å². The highest BCUT2D eigenvalue weighted by Gasteiger charge is 2.38. The number of carbonyl (C=O) groups excluding carboxylic acids is 6. The Morgan fingerprint density at radius 2 is 1.24 bits per heavy atom. The van der Waals surface area contributed by atoms with E-state index in [1.807, 2.05) is 13.1 Å². The first-order valence-corrected chi connectivity index (χ1v) is 27.4. The Balaban J connectivity index is 0.996. The lowest BCUT2D eigenvalue weighted by atomic mass is 9.79. The predicted molar refractivity (Wildman–Crippen MR) is 273 cm³/mol. The average molecular weight is 1050 g/mol. The van der Waals surface area contributed by atoms with Crippen molar-refractivity contribution in [2.24, 2.45) is 29.6 Å². The number of aryl methyl sites for hydroxylation is 1. The molecule has 3 unspecified atom stereocenters. The largest absolute Gasteiger partial charge is 0.379 e. The standard InChI is InChI=1S/C53H91N6O15/c1-5-49(41(2)3)55-52(64)45(9-6-7-17-54)36-48(61)40-74-39-47(60)10-8-19-66-21-23-68-25-27-70-29-31-72-33-34-73-32-30-71-28-26-69-24-22-67-20-18-58-38-46(56-57-58)15-16-50(62)44-13-11-43(12-14-44)37-59-51(63)35-42(4)53(59)65/h38,41-45,49,54H,5-37,39-40H2,1-4H3,(H,55,64). The van der Waals surface area contributed by atoms with Crippen LogP contribution in [0.15, 0.2) is 6.20 Å². The van der Waals surface area contributed by atoms with Crippen molar-refractivity contribution in [3.05, 3.63) is 11.9 Å². The number of unbranched alkanes of at least 4 members (excludes halogenated alkanes) is 1. The number of imide groups is 1. The minimum atomic E-state index is -0.462. The van der Waals surface area contributed by atoms with Gasteiger partial charge in [0.1, 0.15) is 19.0 Å². The van der Waals surface area contributed by atoms with E-state index in [1.165, 1.54) is 4.90 Å². The van der Waals surface area contributed by atoms with Crippen LogP contribution in [0.25, 0.3) is 0 Å². The first-order chi connectivity index (χ1) is 35.9. The number of aromatic nitrogens is 3. The van der Waals surface area contributed by atoms with Gasteiger partial charge in [-0.2, -0.15) is 0 Å². The van der Waals surface area contributed by atoms with Gasteiger partial charge in [0.15, 0.2) is 11.6 Å². The molecule has 21 heteroatoms. The van der Waals surface area contributed by atoms with Crippen molar-refractivity contribution in [2.75, 3.05) is 132 Å². The molecule has 2 N–H and O–H groups in total. The highest BCUT2D eigenvalue weighted by Crippen LogP contribution is 2.32. The zero-order chi connectivity index (χ0) is 53.6. The van der Waals surface area contributed by atoms with E-state index in [-0.39, 0.29) is 97.4 Å². The second kappa shape index (κ2) is 40.6. The van der Waals surface area contributed by atoms with Crippen molar-refractivity contribution >= 4 is 35.1 Å². The Bertz CT molecular complexity index is 1710. The molecule has 1 radical (unpaired) electrons. The molecule has 423 valence electrons. The molecule has 0 spiro atoms. The van der Waals surface area contributed by atoms with Crippen LogP contribution < -0.4 is 11.1 Å². The van der Waals surface area contributed by atoms with Crippen molar-refractivity contribution in [1.29, 1.82) is 0 Å². The van der Waals surface area contributed by atoms with Crippen LogP contribution in [0.2, 0.25) is 0 Å². The second-order valence-corrected chi connectivity index (χ2v) is 19.6. The lowest BCUT2D eigenvalue weighted by molar-refractivity contribution is -0.140. The first kappa shape index (κ1) is 64.6. The molecule has 1 saturated heterocycles. The Morgan fingerprint density at radius 3 is 1.76 bits per heavy atom. The zero-order valence-electron chi connectivity index (χ0n) is 45.2. The Labute approximate surface area is 439 Å². The van der Waals surface area contributed by atoms with E-state index >= 15 is 0 Å². The van der Waals surface area contributed by atoms with Gasteiger partial charge in [-0.15, -0.1) is 5.10 Å². The van der Waals surface area contributed by atoms with Crippen LogP contribution in [0.4, 0.5) is 0 Å². The Kier molecular flexibility index (Phi) is 35.5. The summed E-state index contributed by atoms with van der Waals surface area (Å²) < 4.78 is 51.5. The SMILES string of the molecule is CCC(NC(=O)C(CCCC[NH])CC(=O)COCC(=O)CCCOCCOCCOCCOCCOCCOCCOCCOCCn1cc(CCC(=O)C2CCC(CN3C(=O)CC(C)C3=O)CC2)nn1)C(C)C. The number of hydrogen-bond donors (Lipinski definition) is 1. The topological polar surface area (TPSA) is 255 Å². The van der Waals surface area contributed by atoms with Gasteiger partial charge in [-0.1, -0.05) is 39.3 Å². The number of hydrogen-bond acceptors (Lipinski definition) is 17. The molecule has 3 rings (SSSR count). The van der Waals surface area contributed by atoms with Crippen LogP contribution >= 0.6 is 0 Å². The van der Waals surface area contributed by atoms with E-state index in [9.17, 15) is 28.8 Å². The Hall–Kier alpha value is -3.64. The molecule has 21 nitrogen and oxygen atoms in total. The molecule has 1 aliphatic heterocycles. The van der Waals surface area contributed by atoms with E-state index in [1.54, 1.807) is 11.6 Å². The van der Waals surface area contributed by atoms with Crippen LogP contribution in [0.5, 0.6) is 0 Å². The number of Topliss-reactive ketones (excluding diaryl/α,β-unsaturated/α-hetero) is 3. The number of likely N-dealkylation sites (tertiary alicyclic amines) is 1. The smallest absolute Gasteiger partial charge is 0.232 e. The van der Waals surface area contributed by atoms with Gasteiger partial charge in [0.25, 0.3) is 0 Å². The molecule has 0 aromatic carbocycles. The normalized spacial score (nSPS) is 17.9. The van der Waals surface area contributed by atoms with E-state index in [4.69, 9.17) is 48.4 Å². The number of ketones is 3. The van der Waals surface area contributed by atoms with Gasteiger partial charge in [0.05, 0.1) is 111 Å². The summed E-state index contributed by atoms with van der Waals surface area (Å²) in [7, 11) is 0. The van der Waals surface area contributed by atoms with Crippen LogP contribution in [0.3, 0.4) is 0 Å². The highest BCUT2D eigenvalue weighted by atomic mass is 16.6. The average Bonchev–Trinajstić information content (AvgIpc) is 3.94. The molecule has 2 fully saturated rings. The second-order valence-electron chi connectivity index (χ2n) is 19.6. The molecule has 0 bridgehead atoms. The lowest BCUT2D eigenvalue weighted by Gasteiger charge is -2.30. The molecule has 3 atom stereocenters. The number of carbonyl (C=O) groups is 6. The van der Waals surface area contributed by atoms with Gasteiger partial charge in [0.2, 0.25) is 17.7 Å². The van der Waals surface area contributed by atoms with Crippen molar-refractivity contribution in [3.63, 3.8) is 0 Å². The van der Waals surface area contributed by atoms with Crippen molar-refractivity contribution < 1.29 is 71.4 Å². The summed E-state index contributed by atoms with van der Waals surface area (Å²) >= 11 is 0. The number of nitrogens with one attached hydrogen (secondary N) is 2. The van der Waals surface area contributed by atoms with E-state index in [2.05, 4.69) is 29.5 Å². The molecule has 3 amide bonds. The fourth-order valence-electron chi connectivity index (χ4n) is 8.72. The third-order valence-electron chi connectivity index (χ3n) is 13.2. The summed E-state index contributed by atoms with van der Waals surface area (Å²) in [4.78, 5) is 76.5. The van der Waals surface area contributed by atoms with Gasteiger partial charge in [-0.05, 0) is 63.2 Å². The number of nitrogens with zero attached hydrogens (tertiary/aromatic N) is 4. The summed E-state index contributed by atoms with van der Waals surface area (Å²) in [6.07, 6.45) is 10.1. The Morgan fingerprint density at radius 1 is 0.703 bits per heavy atom. The molecular weight excluding hydrogens is 961 g/mol. The first-order valence-electron chi connectivity index (χ1n) is 27.4. The van der Waals surface area contributed by atoms with E-state index in [0.717, 1.165) is 37.8 Å². The van der Waals surface area contributed by atoms with Gasteiger partial charge < -0.3 is 47.9 Å². The molecule has 1 aliphatic carbocycles. The monoisotopic (exact) mass is 1050 g/mol. The van der Waals surface area contributed by atoms with Gasteiger partial charge in [-0.3, -0.25) is 39.4 Å². The summed E-state index contributed by atoms with van der Waals surface area (Å²) in [6, 6.07) is 0.0446. The minimum absolute atomic E-state index is 0.0267. The third kappa shape index (κ3) is 29.0. The van der Waals surface area contributed by atoms with Crippen LogP contribution in [-0.4, -0.2) is 193 Å². The summed E-state index contributed by atoms with van der Waals surface area (Å²) in [6.45, 7) is 15.9. The highest BCUT2D eigenvalue weighted by molar-refractivity contribution is 6.03. The summed E-state index contributed by atoms with van der Waals surface area (Å²) in [5, 5.41) is 11.4. The van der Waals surface area contributed by atoms with Crippen molar-refractivity contribution in [1.82, 2.24) is 30.9 Å². The van der Waals surface area contributed by atoms with Crippen molar-refractivity contribution in [2.45, 2.75) is 130 Å². The van der Waals surface area contributed by atoms with E-state index in [0.29, 0.717) is 164 Å². The van der Waals surface area contributed by atoms with Crippen molar-refractivity contribution in [3.8, 4) is 0 Å². The molecule has 74 heavy (non-hydrogen) atoms. The molecule has 1 aromatic rings. The maximum atomic E-state index is 12.9.